The molecule has 0 unspecified atom stereocenters. The predicted molar refractivity (Wildman–Crippen MR) is 118 cm³/mol. The van der Waals surface area contributed by atoms with Crippen molar-refractivity contribution in [2.75, 3.05) is 5.75 Å². The number of Topliss-reactive ketones (excluding diaryl/α,β-unsaturated/α-hetero) is 1. The Morgan fingerprint density at radius 3 is 2.45 bits per heavy atom. The van der Waals surface area contributed by atoms with E-state index >= 15 is 0 Å². The number of hydrogen-bond acceptors (Lipinski definition) is 4. The Bertz CT molecular complexity index is 1050. The second-order valence-electron chi connectivity index (χ2n) is 8.03. The molecule has 150 valence electrons. The number of aromatic nitrogens is 3. The van der Waals surface area contributed by atoms with Gasteiger partial charge >= 0.3 is 0 Å². The summed E-state index contributed by atoms with van der Waals surface area (Å²) in [5.74, 6) is 2.11. The fourth-order valence-electron chi connectivity index (χ4n) is 3.88. The largest absolute Gasteiger partial charge is 0.301 e. The molecule has 1 aromatic heterocycles. The maximum Gasteiger partial charge on any atom is 0.191 e. The molecule has 3 aromatic rings. The Morgan fingerprint density at radius 1 is 1.03 bits per heavy atom. The number of carbonyl (C=O) groups is 1. The number of carbonyl (C=O) groups excluding carboxylic acids is 1. The molecule has 1 aliphatic rings. The van der Waals surface area contributed by atoms with E-state index in [1.54, 1.807) is 0 Å². The van der Waals surface area contributed by atoms with Crippen LogP contribution in [-0.4, -0.2) is 26.3 Å². The number of benzene rings is 2. The highest BCUT2D eigenvalue weighted by Gasteiger charge is 2.30. The van der Waals surface area contributed by atoms with E-state index in [-0.39, 0.29) is 5.78 Å². The zero-order valence-electron chi connectivity index (χ0n) is 17.5. The highest BCUT2D eigenvalue weighted by atomic mass is 32.2. The molecule has 1 fully saturated rings. The number of aryl methyl sites for hydroxylation is 2. The molecular formula is C24H27N3OS. The Labute approximate surface area is 176 Å². The summed E-state index contributed by atoms with van der Waals surface area (Å²) in [4.78, 5) is 13.1. The predicted octanol–water partition coefficient (Wildman–Crippen LogP) is 5.41. The van der Waals surface area contributed by atoms with Gasteiger partial charge in [0.25, 0.3) is 0 Å². The van der Waals surface area contributed by atoms with Gasteiger partial charge in [-0.15, -0.1) is 10.2 Å². The van der Waals surface area contributed by atoms with Gasteiger partial charge < -0.3 is 4.57 Å². The number of hydrogen-bond donors (Lipinski definition) is 0. The molecule has 0 bridgehead atoms. The maximum atomic E-state index is 13.1. The van der Waals surface area contributed by atoms with Crippen LogP contribution in [0.1, 0.15) is 62.8 Å². The van der Waals surface area contributed by atoms with E-state index in [1.807, 2.05) is 13.0 Å². The van der Waals surface area contributed by atoms with Crippen LogP contribution in [0, 0.1) is 27.7 Å². The van der Waals surface area contributed by atoms with E-state index in [2.05, 4.69) is 65.9 Å². The van der Waals surface area contributed by atoms with Crippen LogP contribution in [0.4, 0.5) is 0 Å². The summed E-state index contributed by atoms with van der Waals surface area (Å²) in [5, 5.41) is 9.74. The van der Waals surface area contributed by atoms with Gasteiger partial charge in [-0.25, -0.2) is 0 Å². The fourth-order valence-corrected chi connectivity index (χ4v) is 4.70. The topological polar surface area (TPSA) is 47.8 Å². The first-order valence-corrected chi connectivity index (χ1v) is 11.1. The number of ketones is 1. The maximum absolute atomic E-state index is 13.1. The van der Waals surface area contributed by atoms with Crippen LogP contribution in [0.3, 0.4) is 0 Å². The van der Waals surface area contributed by atoms with Crippen molar-refractivity contribution in [2.24, 2.45) is 0 Å². The summed E-state index contributed by atoms with van der Waals surface area (Å²) in [6, 6.07) is 12.5. The summed E-state index contributed by atoms with van der Waals surface area (Å²) < 4.78 is 2.20. The van der Waals surface area contributed by atoms with E-state index < -0.39 is 0 Å². The summed E-state index contributed by atoms with van der Waals surface area (Å²) >= 11 is 1.50. The van der Waals surface area contributed by atoms with Crippen molar-refractivity contribution in [3.8, 4) is 0 Å². The van der Waals surface area contributed by atoms with Gasteiger partial charge in [0, 0.05) is 11.5 Å². The van der Waals surface area contributed by atoms with Gasteiger partial charge in [-0.3, -0.25) is 4.79 Å². The molecule has 0 saturated heterocycles. The second-order valence-corrected chi connectivity index (χ2v) is 8.98. The lowest BCUT2D eigenvalue weighted by molar-refractivity contribution is 0.102. The van der Waals surface area contributed by atoms with E-state index in [9.17, 15) is 4.79 Å². The quantitative estimate of drug-likeness (QED) is 0.389. The minimum Gasteiger partial charge on any atom is -0.301 e. The molecule has 0 amide bonds. The molecule has 1 saturated carbocycles. The van der Waals surface area contributed by atoms with E-state index in [4.69, 9.17) is 0 Å². The molecule has 4 rings (SSSR count). The van der Waals surface area contributed by atoms with Crippen molar-refractivity contribution >= 4 is 17.5 Å². The minimum absolute atomic E-state index is 0.162. The van der Waals surface area contributed by atoms with Crippen molar-refractivity contribution in [2.45, 2.75) is 58.2 Å². The standard InChI is InChI=1S/C24H27N3OS/c1-15-12-16(2)22(18(4)17(15)3)21(28)14-29-24-26-25-23(20-10-11-20)27(24)13-19-8-6-5-7-9-19/h5-9,12,20H,10-11,13-14H2,1-4H3. The SMILES string of the molecule is Cc1cc(C)c(C(=O)CSc2nnc(C3CC3)n2Cc2ccccc2)c(C)c1C. The molecule has 29 heavy (non-hydrogen) atoms. The molecule has 5 heteroatoms. The second kappa shape index (κ2) is 8.15. The van der Waals surface area contributed by atoms with Gasteiger partial charge in [-0.1, -0.05) is 48.2 Å². The van der Waals surface area contributed by atoms with E-state index in [1.165, 1.54) is 41.3 Å². The number of nitrogens with zero attached hydrogens (tertiary/aromatic N) is 3. The number of thioether (sulfide) groups is 1. The van der Waals surface area contributed by atoms with E-state index in [0.29, 0.717) is 11.7 Å². The molecule has 1 aliphatic carbocycles. The zero-order valence-corrected chi connectivity index (χ0v) is 18.3. The van der Waals surface area contributed by atoms with Crippen LogP contribution in [0.2, 0.25) is 0 Å². The first-order valence-electron chi connectivity index (χ1n) is 10.2. The van der Waals surface area contributed by atoms with Gasteiger partial charge in [0.1, 0.15) is 5.82 Å². The normalized spacial score (nSPS) is 13.7. The van der Waals surface area contributed by atoms with Crippen molar-refractivity contribution in [3.63, 3.8) is 0 Å². The van der Waals surface area contributed by atoms with Gasteiger partial charge in [-0.2, -0.15) is 0 Å². The van der Waals surface area contributed by atoms with Gasteiger partial charge in [0.15, 0.2) is 10.9 Å². The summed E-state index contributed by atoms with van der Waals surface area (Å²) in [5.41, 5.74) is 6.67. The summed E-state index contributed by atoms with van der Waals surface area (Å²) in [7, 11) is 0. The zero-order chi connectivity index (χ0) is 20.5. The first kappa shape index (κ1) is 19.9. The average molecular weight is 406 g/mol. The molecule has 4 nitrogen and oxygen atoms in total. The summed E-state index contributed by atoms with van der Waals surface area (Å²) in [6.45, 7) is 9.02. The Kier molecular flexibility index (Phi) is 5.59. The molecular weight excluding hydrogens is 378 g/mol. The Balaban J connectivity index is 1.56. The lowest BCUT2D eigenvalue weighted by Crippen LogP contribution is -2.11. The van der Waals surface area contributed by atoms with Crippen molar-refractivity contribution in [1.82, 2.24) is 14.8 Å². The highest BCUT2D eigenvalue weighted by Crippen LogP contribution is 2.40. The van der Waals surface area contributed by atoms with Crippen LogP contribution < -0.4 is 0 Å². The smallest absolute Gasteiger partial charge is 0.191 e. The minimum atomic E-state index is 0.162. The lowest BCUT2D eigenvalue weighted by Gasteiger charge is -2.14. The van der Waals surface area contributed by atoms with Gasteiger partial charge in [0.2, 0.25) is 0 Å². The van der Waals surface area contributed by atoms with Crippen LogP contribution in [-0.2, 0) is 6.54 Å². The molecule has 0 aliphatic heterocycles. The molecule has 0 atom stereocenters. The Morgan fingerprint density at radius 2 is 1.76 bits per heavy atom. The third kappa shape index (κ3) is 4.15. The lowest BCUT2D eigenvalue weighted by atomic mass is 9.92. The third-order valence-corrected chi connectivity index (χ3v) is 6.81. The average Bonchev–Trinajstić information content (AvgIpc) is 3.47. The molecule has 2 aromatic carbocycles. The molecule has 0 spiro atoms. The Hall–Kier alpha value is -2.40. The van der Waals surface area contributed by atoms with Crippen LogP contribution in [0.25, 0.3) is 0 Å². The fraction of sp³-hybridized carbons (Fsp3) is 0.375. The van der Waals surface area contributed by atoms with E-state index in [0.717, 1.165) is 34.2 Å². The molecule has 0 radical (unpaired) electrons. The first-order chi connectivity index (χ1) is 14.0. The van der Waals surface area contributed by atoms with Gasteiger partial charge in [-0.05, 0) is 68.4 Å². The van der Waals surface area contributed by atoms with Crippen molar-refractivity contribution in [1.29, 1.82) is 0 Å². The molecule has 0 N–H and O–H groups in total. The highest BCUT2D eigenvalue weighted by molar-refractivity contribution is 7.99. The monoisotopic (exact) mass is 405 g/mol. The van der Waals surface area contributed by atoms with Crippen LogP contribution in [0.15, 0.2) is 41.6 Å². The van der Waals surface area contributed by atoms with Crippen molar-refractivity contribution in [3.05, 3.63) is 75.6 Å². The van der Waals surface area contributed by atoms with Gasteiger partial charge in [0.05, 0.1) is 12.3 Å². The van der Waals surface area contributed by atoms with Crippen molar-refractivity contribution < 1.29 is 4.79 Å². The van der Waals surface area contributed by atoms with Crippen LogP contribution >= 0.6 is 11.8 Å². The summed E-state index contributed by atoms with van der Waals surface area (Å²) in [6.07, 6.45) is 2.36. The van der Waals surface area contributed by atoms with Crippen LogP contribution in [0.5, 0.6) is 0 Å². The number of rotatable bonds is 7. The third-order valence-electron chi connectivity index (χ3n) is 5.84. The molecule has 1 heterocycles.